The fourth-order valence-electron chi connectivity index (χ4n) is 2.88. The Morgan fingerprint density at radius 2 is 1.48 bits per heavy atom. The zero-order chi connectivity index (χ0) is 19.6. The molecule has 140 valence electrons. The predicted octanol–water partition coefficient (Wildman–Crippen LogP) is 5.64. The van der Waals surface area contributed by atoms with Gasteiger partial charge in [0.05, 0.1) is 5.52 Å². The molecule has 0 bridgehead atoms. The van der Waals surface area contributed by atoms with Crippen LogP contribution in [0.25, 0.3) is 33.7 Å². The number of rotatable bonds is 4. The van der Waals surface area contributed by atoms with Crippen molar-refractivity contribution in [2.45, 2.75) is 10.2 Å². The molecule has 0 atom stereocenters. The number of para-hydroxylation sites is 1. The van der Waals surface area contributed by atoms with Crippen LogP contribution in [0, 0.1) is 5.82 Å². The van der Waals surface area contributed by atoms with Gasteiger partial charge in [0, 0.05) is 16.5 Å². The van der Waals surface area contributed by atoms with Crippen LogP contribution in [-0.2, 0) is 0 Å². The number of benzene rings is 3. The Hall–Kier alpha value is -3.58. The predicted molar refractivity (Wildman–Crippen MR) is 109 cm³/mol. The molecule has 0 saturated carbocycles. The van der Waals surface area contributed by atoms with E-state index < -0.39 is 0 Å². The van der Waals surface area contributed by atoms with E-state index in [0.717, 1.165) is 21.5 Å². The Morgan fingerprint density at radius 3 is 2.31 bits per heavy atom. The van der Waals surface area contributed by atoms with Crippen molar-refractivity contribution >= 4 is 22.7 Å². The number of hydrogen-bond donors (Lipinski definition) is 0. The maximum absolute atomic E-state index is 13.1. The van der Waals surface area contributed by atoms with Gasteiger partial charge in [0.1, 0.15) is 10.8 Å². The Labute approximate surface area is 169 Å². The first kappa shape index (κ1) is 17.5. The van der Waals surface area contributed by atoms with Crippen LogP contribution in [0.15, 0.2) is 93.5 Å². The van der Waals surface area contributed by atoms with E-state index in [2.05, 4.69) is 15.2 Å². The standard InChI is InChI=1S/C22H13FN4OS/c23-16-12-10-15(11-13-16)20-26-27-22(28-20)29-21-17-8-4-5-9-18(17)24-19(25-21)14-6-2-1-3-7-14/h1-13H. The highest BCUT2D eigenvalue weighted by Crippen LogP contribution is 2.33. The summed E-state index contributed by atoms with van der Waals surface area (Å²) in [5.41, 5.74) is 2.42. The first-order valence-electron chi connectivity index (χ1n) is 8.86. The summed E-state index contributed by atoms with van der Waals surface area (Å²) in [6.45, 7) is 0. The van der Waals surface area contributed by atoms with Gasteiger partial charge in [-0.3, -0.25) is 0 Å². The lowest BCUT2D eigenvalue weighted by molar-refractivity contribution is 0.465. The van der Waals surface area contributed by atoms with Crippen LogP contribution in [-0.4, -0.2) is 20.2 Å². The quantitative estimate of drug-likeness (QED) is 0.364. The molecule has 0 aliphatic heterocycles. The van der Waals surface area contributed by atoms with Crippen molar-refractivity contribution in [1.82, 2.24) is 20.2 Å². The van der Waals surface area contributed by atoms with Crippen LogP contribution < -0.4 is 0 Å². The molecule has 5 nitrogen and oxygen atoms in total. The normalized spacial score (nSPS) is 11.1. The molecule has 2 aromatic heterocycles. The molecule has 7 heteroatoms. The van der Waals surface area contributed by atoms with E-state index in [4.69, 9.17) is 9.40 Å². The Morgan fingerprint density at radius 1 is 0.724 bits per heavy atom. The molecule has 29 heavy (non-hydrogen) atoms. The Kier molecular flexibility index (Phi) is 4.50. The molecule has 5 rings (SSSR count). The molecule has 5 aromatic rings. The van der Waals surface area contributed by atoms with E-state index in [1.54, 1.807) is 12.1 Å². The first-order chi connectivity index (χ1) is 14.3. The zero-order valence-electron chi connectivity index (χ0n) is 15.0. The number of halogens is 1. The molecule has 0 unspecified atom stereocenters. The Bertz CT molecular complexity index is 1290. The lowest BCUT2D eigenvalue weighted by atomic mass is 10.2. The van der Waals surface area contributed by atoms with E-state index in [1.165, 1.54) is 23.9 Å². The van der Waals surface area contributed by atoms with Crippen molar-refractivity contribution in [2.75, 3.05) is 0 Å². The molecule has 0 aliphatic carbocycles. The summed E-state index contributed by atoms with van der Waals surface area (Å²) in [6.07, 6.45) is 0. The molecule has 2 heterocycles. The number of nitrogens with zero attached hydrogens (tertiary/aromatic N) is 4. The zero-order valence-corrected chi connectivity index (χ0v) is 15.8. The molecule has 3 aromatic carbocycles. The van der Waals surface area contributed by atoms with E-state index in [9.17, 15) is 4.39 Å². The SMILES string of the molecule is Fc1ccc(-c2nnc(Sc3nc(-c4ccccc4)nc4ccccc34)o2)cc1. The van der Waals surface area contributed by atoms with Gasteiger partial charge in [0.2, 0.25) is 5.89 Å². The van der Waals surface area contributed by atoms with Crippen molar-refractivity contribution in [2.24, 2.45) is 0 Å². The summed E-state index contributed by atoms with van der Waals surface area (Å²) in [7, 11) is 0. The van der Waals surface area contributed by atoms with Gasteiger partial charge in [-0.05, 0) is 42.1 Å². The van der Waals surface area contributed by atoms with E-state index >= 15 is 0 Å². The first-order valence-corrected chi connectivity index (χ1v) is 9.67. The minimum atomic E-state index is -0.316. The van der Waals surface area contributed by atoms with E-state index in [1.807, 2.05) is 54.6 Å². The van der Waals surface area contributed by atoms with Crippen LogP contribution >= 0.6 is 11.8 Å². The highest BCUT2D eigenvalue weighted by Gasteiger charge is 2.15. The summed E-state index contributed by atoms with van der Waals surface area (Å²) in [5, 5.41) is 10.2. The van der Waals surface area contributed by atoms with Crippen molar-refractivity contribution in [1.29, 1.82) is 0 Å². The summed E-state index contributed by atoms with van der Waals surface area (Å²) in [4.78, 5) is 9.42. The van der Waals surface area contributed by atoms with Gasteiger partial charge in [0.15, 0.2) is 5.82 Å². The third-order valence-corrected chi connectivity index (χ3v) is 5.13. The third kappa shape index (κ3) is 3.60. The molecule has 0 N–H and O–H groups in total. The minimum absolute atomic E-state index is 0.316. The van der Waals surface area contributed by atoms with Crippen LogP contribution in [0.3, 0.4) is 0 Å². The van der Waals surface area contributed by atoms with Crippen molar-refractivity contribution in [3.63, 3.8) is 0 Å². The Balaban J connectivity index is 1.54. The second-order valence-electron chi connectivity index (χ2n) is 6.22. The number of fused-ring (bicyclic) bond motifs is 1. The maximum atomic E-state index is 13.1. The molecule has 0 spiro atoms. The molecule has 0 fully saturated rings. The van der Waals surface area contributed by atoms with Gasteiger partial charge in [-0.25, -0.2) is 14.4 Å². The largest absolute Gasteiger partial charge is 0.411 e. The van der Waals surface area contributed by atoms with Gasteiger partial charge in [-0.15, -0.1) is 10.2 Å². The number of aromatic nitrogens is 4. The smallest absolute Gasteiger partial charge is 0.283 e. The van der Waals surface area contributed by atoms with Crippen LogP contribution in [0.4, 0.5) is 4.39 Å². The summed E-state index contributed by atoms with van der Waals surface area (Å²) < 4.78 is 18.9. The van der Waals surface area contributed by atoms with Crippen LogP contribution in [0.5, 0.6) is 0 Å². The van der Waals surface area contributed by atoms with Gasteiger partial charge in [0.25, 0.3) is 5.22 Å². The third-order valence-electron chi connectivity index (χ3n) is 4.28. The highest BCUT2D eigenvalue weighted by molar-refractivity contribution is 7.99. The minimum Gasteiger partial charge on any atom is -0.411 e. The van der Waals surface area contributed by atoms with E-state index in [0.29, 0.717) is 22.5 Å². The average molecular weight is 400 g/mol. The lowest BCUT2D eigenvalue weighted by Crippen LogP contribution is -1.93. The van der Waals surface area contributed by atoms with Gasteiger partial charge in [-0.2, -0.15) is 0 Å². The van der Waals surface area contributed by atoms with Gasteiger partial charge >= 0.3 is 0 Å². The highest BCUT2D eigenvalue weighted by atomic mass is 32.2. The van der Waals surface area contributed by atoms with Crippen molar-refractivity contribution in [3.8, 4) is 22.8 Å². The van der Waals surface area contributed by atoms with E-state index in [-0.39, 0.29) is 5.82 Å². The molecular formula is C22H13FN4OS. The second kappa shape index (κ2) is 7.44. The summed E-state index contributed by atoms with van der Waals surface area (Å²) in [5.74, 6) is 0.642. The fourth-order valence-corrected chi connectivity index (χ4v) is 3.67. The molecule has 0 amide bonds. The monoisotopic (exact) mass is 400 g/mol. The molecule has 0 aliphatic rings. The fraction of sp³-hybridized carbons (Fsp3) is 0. The topological polar surface area (TPSA) is 64.7 Å². The molecule has 0 saturated heterocycles. The molecular weight excluding hydrogens is 387 g/mol. The number of hydrogen-bond acceptors (Lipinski definition) is 6. The van der Waals surface area contributed by atoms with Gasteiger partial charge in [-0.1, -0.05) is 48.5 Å². The molecule has 0 radical (unpaired) electrons. The lowest BCUT2D eigenvalue weighted by Gasteiger charge is -2.07. The maximum Gasteiger partial charge on any atom is 0.283 e. The second-order valence-corrected chi connectivity index (χ2v) is 7.16. The summed E-state index contributed by atoms with van der Waals surface area (Å²) >= 11 is 1.28. The average Bonchev–Trinajstić information content (AvgIpc) is 3.23. The van der Waals surface area contributed by atoms with Crippen molar-refractivity contribution < 1.29 is 8.81 Å². The van der Waals surface area contributed by atoms with Crippen LogP contribution in [0.1, 0.15) is 0 Å². The van der Waals surface area contributed by atoms with Crippen LogP contribution in [0.2, 0.25) is 0 Å². The van der Waals surface area contributed by atoms with Crippen molar-refractivity contribution in [3.05, 3.63) is 84.7 Å². The summed E-state index contributed by atoms with van der Waals surface area (Å²) in [6, 6.07) is 23.5. The van der Waals surface area contributed by atoms with Gasteiger partial charge < -0.3 is 4.42 Å².